The molecule has 2 atom stereocenters. The Balaban J connectivity index is 2.23. The van der Waals surface area contributed by atoms with Gasteiger partial charge in [-0.05, 0) is 42.1 Å². The number of ketones is 1. The lowest BCUT2D eigenvalue weighted by Crippen LogP contribution is -2.14. The molecule has 1 aromatic carbocycles. The van der Waals surface area contributed by atoms with Gasteiger partial charge in [-0.2, -0.15) is 0 Å². The number of benzene rings is 1. The molecule has 1 heterocycles. The minimum absolute atomic E-state index is 0.0436. The van der Waals surface area contributed by atoms with Crippen molar-refractivity contribution in [3.05, 3.63) is 58.0 Å². The molecule has 20 heavy (non-hydrogen) atoms. The minimum atomic E-state index is -0.932. The van der Waals surface area contributed by atoms with E-state index in [0.717, 1.165) is 4.88 Å². The second-order valence-corrected chi connectivity index (χ2v) is 7.04. The first-order valence-electron chi connectivity index (χ1n) is 6.21. The van der Waals surface area contributed by atoms with E-state index in [1.165, 1.54) is 35.6 Å². The molecule has 0 aliphatic heterocycles. The lowest BCUT2D eigenvalue weighted by molar-refractivity contribution is 0.0959. The van der Waals surface area contributed by atoms with Crippen LogP contribution in [0.5, 0.6) is 0 Å². The average Bonchev–Trinajstić information content (AvgIpc) is 2.93. The van der Waals surface area contributed by atoms with Crippen LogP contribution in [0, 0.1) is 5.82 Å². The summed E-state index contributed by atoms with van der Waals surface area (Å²) < 4.78 is 24.2. The topological polar surface area (TPSA) is 34.1 Å². The van der Waals surface area contributed by atoms with Gasteiger partial charge in [0.25, 0.3) is 0 Å². The molecule has 106 valence electrons. The summed E-state index contributed by atoms with van der Waals surface area (Å²) >= 11 is 1.51. The van der Waals surface area contributed by atoms with Crippen LogP contribution >= 0.6 is 11.3 Å². The molecule has 2 rings (SSSR count). The first-order valence-corrected chi connectivity index (χ1v) is 8.82. The quantitative estimate of drug-likeness (QED) is 0.764. The monoisotopic (exact) mass is 310 g/mol. The summed E-state index contributed by atoms with van der Waals surface area (Å²) in [5, 5.41) is 1.92. The maximum Gasteiger partial charge on any atom is 0.171 e. The molecule has 5 heteroatoms. The van der Waals surface area contributed by atoms with Crippen LogP contribution in [-0.4, -0.2) is 22.0 Å². The van der Waals surface area contributed by atoms with Gasteiger partial charge in [0.05, 0.1) is 5.92 Å². The largest absolute Gasteiger partial charge is 0.293 e. The molecule has 0 N–H and O–H groups in total. The Kier molecular flexibility index (Phi) is 5.20. The molecule has 0 aliphatic carbocycles. The first-order chi connectivity index (χ1) is 9.58. The van der Waals surface area contributed by atoms with Gasteiger partial charge in [-0.15, -0.1) is 11.3 Å². The van der Waals surface area contributed by atoms with Crippen LogP contribution < -0.4 is 0 Å². The SMILES string of the molecule is CS(=O)CCC(C(=O)c1ccc(F)cc1)c1cccs1. The predicted molar refractivity (Wildman–Crippen MR) is 81.3 cm³/mol. The normalized spacial score (nSPS) is 13.9. The van der Waals surface area contributed by atoms with Crippen molar-refractivity contribution in [2.45, 2.75) is 12.3 Å². The molecule has 0 aliphatic rings. The van der Waals surface area contributed by atoms with Crippen LogP contribution in [-0.2, 0) is 10.8 Å². The Morgan fingerprint density at radius 1 is 1.30 bits per heavy atom. The van der Waals surface area contributed by atoms with Gasteiger partial charge in [-0.1, -0.05) is 6.07 Å². The zero-order chi connectivity index (χ0) is 14.5. The lowest BCUT2D eigenvalue weighted by Gasteiger charge is -2.13. The number of rotatable bonds is 6. The number of thiophene rings is 1. The summed E-state index contributed by atoms with van der Waals surface area (Å²) in [7, 11) is -0.932. The maximum atomic E-state index is 12.9. The molecule has 0 fully saturated rings. The highest BCUT2D eigenvalue weighted by Gasteiger charge is 2.23. The van der Waals surface area contributed by atoms with Crippen molar-refractivity contribution in [1.82, 2.24) is 0 Å². The van der Waals surface area contributed by atoms with E-state index in [1.807, 2.05) is 17.5 Å². The number of carbonyl (C=O) groups excluding carboxylic acids is 1. The third kappa shape index (κ3) is 3.84. The number of halogens is 1. The molecule has 0 saturated heterocycles. The van der Waals surface area contributed by atoms with E-state index in [2.05, 4.69) is 0 Å². The van der Waals surface area contributed by atoms with E-state index < -0.39 is 10.8 Å². The summed E-state index contributed by atoms with van der Waals surface area (Å²) in [4.78, 5) is 13.5. The zero-order valence-corrected chi connectivity index (χ0v) is 12.7. The second-order valence-electron chi connectivity index (χ2n) is 4.51. The van der Waals surface area contributed by atoms with Crippen LogP contribution in [0.1, 0.15) is 27.6 Å². The van der Waals surface area contributed by atoms with E-state index >= 15 is 0 Å². The van der Waals surface area contributed by atoms with E-state index in [-0.39, 0.29) is 17.5 Å². The molecule has 0 bridgehead atoms. The van der Waals surface area contributed by atoms with Crippen LogP contribution in [0.2, 0.25) is 0 Å². The minimum Gasteiger partial charge on any atom is -0.293 e. The summed E-state index contributed by atoms with van der Waals surface area (Å²) in [5.74, 6) is -0.221. The molecule has 1 aromatic heterocycles. The fourth-order valence-corrected chi connectivity index (χ4v) is 3.42. The van der Waals surface area contributed by atoms with E-state index in [1.54, 1.807) is 6.26 Å². The Morgan fingerprint density at radius 3 is 2.55 bits per heavy atom. The van der Waals surface area contributed by atoms with Crippen molar-refractivity contribution in [3.63, 3.8) is 0 Å². The molecular weight excluding hydrogens is 295 g/mol. The summed E-state index contributed by atoms with van der Waals surface area (Å²) in [5.41, 5.74) is 0.492. The van der Waals surface area contributed by atoms with Crippen LogP contribution in [0.3, 0.4) is 0 Å². The fraction of sp³-hybridized carbons (Fsp3) is 0.267. The van der Waals surface area contributed by atoms with Gasteiger partial charge in [0, 0.05) is 33.2 Å². The predicted octanol–water partition coefficient (Wildman–Crippen LogP) is 3.62. The number of carbonyl (C=O) groups is 1. The molecule has 2 nitrogen and oxygen atoms in total. The van der Waals surface area contributed by atoms with Crippen molar-refractivity contribution in [3.8, 4) is 0 Å². The average molecular weight is 310 g/mol. The summed E-state index contributed by atoms with van der Waals surface area (Å²) in [6, 6.07) is 9.39. The van der Waals surface area contributed by atoms with Crippen molar-refractivity contribution in [2.24, 2.45) is 0 Å². The Bertz CT molecular complexity index is 591. The molecule has 2 unspecified atom stereocenters. The summed E-state index contributed by atoms with van der Waals surface area (Å²) in [6.45, 7) is 0. The molecule has 0 radical (unpaired) electrons. The van der Waals surface area contributed by atoms with Gasteiger partial charge < -0.3 is 0 Å². The van der Waals surface area contributed by atoms with Crippen LogP contribution in [0.25, 0.3) is 0 Å². The smallest absolute Gasteiger partial charge is 0.171 e. The van der Waals surface area contributed by atoms with Gasteiger partial charge >= 0.3 is 0 Å². The van der Waals surface area contributed by atoms with Gasteiger partial charge in [0.15, 0.2) is 5.78 Å². The van der Waals surface area contributed by atoms with E-state index in [4.69, 9.17) is 0 Å². The van der Waals surface area contributed by atoms with E-state index in [9.17, 15) is 13.4 Å². The van der Waals surface area contributed by atoms with Gasteiger partial charge in [0.1, 0.15) is 5.82 Å². The third-order valence-electron chi connectivity index (χ3n) is 3.03. The molecule has 0 saturated carbocycles. The highest BCUT2D eigenvalue weighted by Crippen LogP contribution is 2.28. The molecule has 0 spiro atoms. The van der Waals surface area contributed by atoms with Crippen molar-refractivity contribution < 1.29 is 13.4 Å². The summed E-state index contributed by atoms with van der Waals surface area (Å²) in [6.07, 6.45) is 2.17. The molecule has 0 amide bonds. The van der Waals surface area contributed by atoms with Gasteiger partial charge in [-0.3, -0.25) is 9.00 Å². The zero-order valence-electron chi connectivity index (χ0n) is 11.0. The Hall–Kier alpha value is -1.33. The highest BCUT2D eigenvalue weighted by atomic mass is 32.2. The Morgan fingerprint density at radius 2 is 2.00 bits per heavy atom. The second kappa shape index (κ2) is 6.90. The van der Waals surface area contributed by atoms with Crippen molar-refractivity contribution in [1.29, 1.82) is 0 Å². The van der Waals surface area contributed by atoms with Crippen molar-refractivity contribution >= 4 is 27.9 Å². The van der Waals surface area contributed by atoms with Crippen LogP contribution in [0.15, 0.2) is 41.8 Å². The van der Waals surface area contributed by atoms with E-state index in [0.29, 0.717) is 17.7 Å². The van der Waals surface area contributed by atoms with Gasteiger partial charge in [-0.25, -0.2) is 4.39 Å². The Labute approximate surface area is 124 Å². The highest BCUT2D eigenvalue weighted by molar-refractivity contribution is 7.84. The molecular formula is C15H15FO2S2. The number of Topliss-reactive ketones (excluding diaryl/α,β-unsaturated/α-hetero) is 1. The lowest BCUT2D eigenvalue weighted by atomic mass is 9.94. The third-order valence-corrected chi connectivity index (χ3v) is 4.82. The first kappa shape index (κ1) is 15.1. The standard InChI is InChI=1S/C15H15FO2S2/c1-20(18)10-8-13(14-3-2-9-19-14)15(17)11-4-6-12(16)7-5-11/h2-7,9,13H,8,10H2,1H3. The maximum absolute atomic E-state index is 12.9. The van der Waals surface area contributed by atoms with Crippen molar-refractivity contribution in [2.75, 3.05) is 12.0 Å². The number of hydrogen-bond donors (Lipinski definition) is 0. The van der Waals surface area contributed by atoms with Crippen LogP contribution in [0.4, 0.5) is 4.39 Å². The molecule has 2 aromatic rings. The van der Waals surface area contributed by atoms with Gasteiger partial charge in [0.2, 0.25) is 0 Å². The fourth-order valence-electron chi connectivity index (χ4n) is 1.99. The number of hydrogen-bond acceptors (Lipinski definition) is 3.